The van der Waals surface area contributed by atoms with Crippen LogP contribution in [0.2, 0.25) is 0 Å². The van der Waals surface area contributed by atoms with E-state index in [0.29, 0.717) is 0 Å². The Balaban J connectivity index is 3.66. The predicted octanol–water partition coefficient (Wildman–Crippen LogP) is 3.48. The number of aliphatic imine (C=N–C) groups is 1. The number of nitrogens with zero attached hydrogens (tertiary/aromatic N) is 2. The van der Waals surface area contributed by atoms with Crippen LogP contribution in [0.3, 0.4) is 0 Å². The third kappa shape index (κ3) is 7.25. The van der Waals surface area contributed by atoms with Gasteiger partial charge in [-0.05, 0) is 6.42 Å². The highest BCUT2D eigenvalue weighted by Crippen LogP contribution is 2.20. The van der Waals surface area contributed by atoms with Crippen LogP contribution in [0.5, 0.6) is 0 Å². The average Bonchev–Trinajstić information content (AvgIpc) is 2.06. The number of hydrogen-bond acceptors (Lipinski definition) is 4. The second kappa shape index (κ2) is 9.68. The van der Waals surface area contributed by atoms with Crippen molar-refractivity contribution in [3.05, 3.63) is 0 Å². The van der Waals surface area contributed by atoms with Crippen molar-refractivity contribution in [2.24, 2.45) is 4.99 Å². The summed E-state index contributed by atoms with van der Waals surface area (Å²) in [7, 11) is 0. The van der Waals surface area contributed by atoms with Crippen molar-refractivity contribution in [2.45, 2.75) is 19.8 Å². The molecule has 0 aromatic heterocycles. The minimum Gasteiger partial charge on any atom is -0.170 e. The van der Waals surface area contributed by atoms with E-state index in [2.05, 4.69) is 34.5 Å². The molecule has 0 rings (SSSR count). The zero-order chi connectivity index (χ0) is 9.23. The second-order valence-corrected chi connectivity index (χ2v) is 6.04. The van der Waals surface area contributed by atoms with Crippen molar-refractivity contribution < 1.29 is 0 Å². The van der Waals surface area contributed by atoms with Crippen LogP contribution in [0.1, 0.15) is 19.8 Å². The van der Waals surface area contributed by atoms with Crippen LogP contribution in [-0.4, -0.2) is 13.9 Å². The van der Waals surface area contributed by atoms with E-state index in [0.717, 1.165) is 13.9 Å². The summed E-state index contributed by atoms with van der Waals surface area (Å²) in [6.45, 7) is 2.16. The third-order valence-electron chi connectivity index (χ3n) is 1.04. The molecule has 0 spiro atoms. The molecule has 0 N–H and O–H groups in total. The summed E-state index contributed by atoms with van der Waals surface area (Å²) in [5.41, 5.74) is 0. The normalized spacial score (nSPS) is 11.2. The Morgan fingerprint density at radius 3 is 2.83 bits per heavy atom. The van der Waals surface area contributed by atoms with Gasteiger partial charge in [0.05, 0.1) is 3.76 Å². The Bertz CT molecular complexity index is 177. The number of hydrogen-bond donors (Lipinski definition) is 0. The van der Waals surface area contributed by atoms with Crippen LogP contribution >= 0.6 is 46.1 Å². The van der Waals surface area contributed by atoms with E-state index in [4.69, 9.17) is 5.26 Å². The van der Waals surface area contributed by atoms with Gasteiger partial charge in [-0.2, -0.15) is 10.3 Å². The molecule has 0 heterocycles. The van der Waals surface area contributed by atoms with Gasteiger partial charge < -0.3 is 0 Å². The van der Waals surface area contributed by atoms with E-state index in [-0.39, 0.29) is 0 Å². The number of unbranched alkanes of at least 4 members (excludes halogenated alkanes) is 1. The minimum absolute atomic E-state index is 0.903. The summed E-state index contributed by atoms with van der Waals surface area (Å²) in [5.74, 6) is 1.07. The number of thioether (sulfide) groups is 2. The maximum Gasteiger partial charge on any atom is 0.207 e. The van der Waals surface area contributed by atoms with Gasteiger partial charge in [-0.3, -0.25) is 0 Å². The second-order valence-electron chi connectivity index (χ2n) is 1.93. The van der Waals surface area contributed by atoms with E-state index >= 15 is 0 Å². The third-order valence-corrected chi connectivity index (χ3v) is 3.96. The summed E-state index contributed by atoms with van der Waals surface area (Å²) >= 11 is 5.57. The minimum atomic E-state index is 0.903. The molecule has 0 saturated carbocycles. The number of nitriles is 1. The molecule has 0 amide bonds. The Hall–Kier alpha value is 0.590. The van der Waals surface area contributed by atoms with Crippen molar-refractivity contribution in [3.63, 3.8) is 0 Å². The summed E-state index contributed by atoms with van der Waals surface area (Å²) in [6.07, 6.45) is 4.21. The molecule has 0 aliphatic carbocycles. The molecule has 0 saturated heterocycles. The van der Waals surface area contributed by atoms with E-state index in [1.54, 1.807) is 23.5 Å². The Kier molecular flexibility index (Phi) is 10.2. The van der Waals surface area contributed by atoms with Crippen LogP contribution in [0, 0.1) is 11.5 Å². The molecule has 0 fully saturated rings. The van der Waals surface area contributed by atoms with Gasteiger partial charge in [-0.1, -0.05) is 59.5 Å². The van der Waals surface area contributed by atoms with Crippen molar-refractivity contribution in [1.29, 1.82) is 5.26 Å². The number of alkyl halides is 1. The number of rotatable bonds is 4. The molecule has 5 heteroatoms. The SMILES string of the molecule is CCCCSC(=NC#N)SCI. The molecule has 0 atom stereocenters. The molecule has 0 aliphatic rings. The monoisotopic (exact) mass is 314 g/mol. The van der Waals surface area contributed by atoms with E-state index in [9.17, 15) is 0 Å². The van der Waals surface area contributed by atoms with Crippen molar-refractivity contribution in [1.82, 2.24) is 0 Å². The zero-order valence-electron chi connectivity index (χ0n) is 6.92. The highest BCUT2D eigenvalue weighted by atomic mass is 127. The predicted molar refractivity (Wildman–Crippen MR) is 66.9 cm³/mol. The summed E-state index contributed by atoms with van der Waals surface area (Å²) in [4.78, 5) is 3.73. The maximum atomic E-state index is 8.35. The van der Waals surface area contributed by atoms with Gasteiger partial charge in [-0.15, -0.1) is 0 Å². The maximum absolute atomic E-state index is 8.35. The van der Waals surface area contributed by atoms with E-state index < -0.39 is 0 Å². The highest BCUT2D eigenvalue weighted by molar-refractivity contribution is 14.1. The van der Waals surface area contributed by atoms with Crippen LogP contribution in [0.25, 0.3) is 0 Å². The topological polar surface area (TPSA) is 36.1 Å². The van der Waals surface area contributed by atoms with Crippen molar-refractivity contribution in [3.8, 4) is 6.19 Å². The molecule has 0 aliphatic heterocycles. The first-order chi connectivity index (χ1) is 5.85. The molecule has 0 bridgehead atoms. The molecule has 68 valence electrons. The lowest BCUT2D eigenvalue weighted by Gasteiger charge is -1.99. The van der Waals surface area contributed by atoms with Gasteiger partial charge >= 0.3 is 0 Å². The molecule has 0 aromatic rings. The first-order valence-electron chi connectivity index (χ1n) is 3.63. The molecular formula is C7H11IN2S2. The highest BCUT2D eigenvalue weighted by Gasteiger charge is 1.99. The van der Waals surface area contributed by atoms with Crippen LogP contribution < -0.4 is 0 Å². The van der Waals surface area contributed by atoms with Gasteiger partial charge in [0.25, 0.3) is 0 Å². The van der Waals surface area contributed by atoms with Gasteiger partial charge in [0.1, 0.15) is 4.38 Å². The van der Waals surface area contributed by atoms with Crippen LogP contribution in [0.4, 0.5) is 0 Å². The van der Waals surface area contributed by atoms with E-state index in [1.165, 1.54) is 12.8 Å². The summed E-state index contributed by atoms with van der Waals surface area (Å²) in [5, 5.41) is 8.35. The first-order valence-corrected chi connectivity index (χ1v) is 7.13. The van der Waals surface area contributed by atoms with Crippen molar-refractivity contribution in [2.75, 3.05) is 9.51 Å². The Morgan fingerprint density at radius 2 is 2.33 bits per heavy atom. The fraction of sp³-hybridized carbons (Fsp3) is 0.714. The lowest BCUT2D eigenvalue weighted by molar-refractivity contribution is 0.898. The molecule has 0 radical (unpaired) electrons. The molecule has 2 nitrogen and oxygen atoms in total. The largest absolute Gasteiger partial charge is 0.207 e. The standard InChI is InChI=1S/C7H11IN2S2/c1-2-3-4-11-7(10-6-9)12-5-8/h2-5H2,1H3. The first kappa shape index (κ1) is 12.6. The van der Waals surface area contributed by atoms with Gasteiger partial charge in [0, 0.05) is 5.75 Å². The molecule has 0 unspecified atom stereocenters. The smallest absolute Gasteiger partial charge is 0.170 e. The van der Waals surface area contributed by atoms with Gasteiger partial charge in [0.2, 0.25) is 6.19 Å². The average molecular weight is 314 g/mol. The Morgan fingerprint density at radius 1 is 1.58 bits per heavy atom. The summed E-state index contributed by atoms with van der Waals surface area (Å²) in [6, 6.07) is 0. The zero-order valence-corrected chi connectivity index (χ0v) is 10.7. The lowest BCUT2D eigenvalue weighted by Crippen LogP contribution is -1.87. The summed E-state index contributed by atoms with van der Waals surface area (Å²) < 4.78 is 1.86. The fourth-order valence-electron chi connectivity index (χ4n) is 0.498. The lowest BCUT2D eigenvalue weighted by atomic mass is 10.4. The number of halogens is 1. The van der Waals surface area contributed by atoms with Crippen LogP contribution in [-0.2, 0) is 0 Å². The molecule has 0 aromatic carbocycles. The van der Waals surface area contributed by atoms with Crippen LogP contribution in [0.15, 0.2) is 4.99 Å². The fourth-order valence-corrected chi connectivity index (χ4v) is 3.69. The van der Waals surface area contributed by atoms with Gasteiger partial charge in [-0.25, -0.2) is 0 Å². The van der Waals surface area contributed by atoms with E-state index in [1.807, 2.05) is 6.19 Å². The molecular weight excluding hydrogens is 303 g/mol. The van der Waals surface area contributed by atoms with Gasteiger partial charge in [0.15, 0.2) is 0 Å². The molecule has 12 heavy (non-hydrogen) atoms. The van der Waals surface area contributed by atoms with Crippen molar-refractivity contribution >= 4 is 50.5 Å². The Labute approximate surface area is 95.7 Å². The quantitative estimate of drug-likeness (QED) is 0.199.